The van der Waals surface area contributed by atoms with E-state index in [1.165, 1.54) is 65.7 Å². The Hall–Kier alpha value is -3.90. The highest BCUT2D eigenvalue weighted by molar-refractivity contribution is 6.08. The van der Waals surface area contributed by atoms with Crippen LogP contribution in [0.25, 0.3) is 54.6 Å². The van der Waals surface area contributed by atoms with Gasteiger partial charge in [0.25, 0.3) is 0 Å². The van der Waals surface area contributed by atoms with Gasteiger partial charge in [0, 0.05) is 0 Å². The lowest BCUT2D eigenvalue weighted by Gasteiger charge is -2.14. The van der Waals surface area contributed by atoms with Crippen molar-refractivity contribution in [3.8, 4) is 22.3 Å². The first-order chi connectivity index (χ1) is 15.7. The molecule has 0 spiro atoms. The van der Waals surface area contributed by atoms with Crippen molar-refractivity contribution in [2.24, 2.45) is 0 Å². The lowest BCUT2D eigenvalue weighted by Crippen LogP contribution is -1.90. The van der Waals surface area contributed by atoms with Gasteiger partial charge in [0.2, 0.25) is 0 Å². The Morgan fingerprint density at radius 2 is 1.00 bits per heavy atom. The van der Waals surface area contributed by atoms with E-state index in [-0.39, 0.29) is 0 Å². The first kappa shape index (κ1) is 18.8. The second kappa shape index (κ2) is 7.35. The predicted octanol–water partition coefficient (Wildman–Crippen LogP) is 9.10. The van der Waals surface area contributed by atoms with Crippen LogP contribution in [0.3, 0.4) is 0 Å². The highest BCUT2D eigenvalue weighted by Crippen LogP contribution is 2.36. The number of hydrogen-bond donors (Lipinski definition) is 0. The third-order valence-electron chi connectivity index (χ3n) is 6.72. The molecular formula is C32H24. The molecule has 0 radical (unpaired) electrons. The Kier molecular flexibility index (Phi) is 4.33. The second-order valence-corrected chi connectivity index (χ2v) is 8.73. The molecular weight excluding hydrogens is 384 g/mol. The standard InChI is InChI=1S/C32H24/c1-21-7-3-5-9-28(21)32-22(2)11-12-27-20-25(16-18-31(27)32)24-15-17-30-26(19-24)14-13-23-8-4-6-10-29(23)30/h3-20H,1-2H3. The molecule has 0 amide bonds. The van der Waals surface area contributed by atoms with Gasteiger partial charge in [0.1, 0.15) is 0 Å². The van der Waals surface area contributed by atoms with Crippen molar-refractivity contribution in [3.63, 3.8) is 0 Å². The van der Waals surface area contributed by atoms with E-state index >= 15 is 0 Å². The fourth-order valence-corrected chi connectivity index (χ4v) is 5.02. The van der Waals surface area contributed by atoms with Crippen LogP contribution in [0.4, 0.5) is 0 Å². The molecule has 0 aliphatic carbocycles. The summed E-state index contributed by atoms with van der Waals surface area (Å²) >= 11 is 0. The van der Waals surface area contributed by atoms with Crippen LogP contribution in [0.15, 0.2) is 109 Å². The Bertz CT molecular complexity index is 1640. The highest BCUT2D eigenvalue weighted by Gasteiger charge is 2.11. The van der Waals surface area contributed by atoms with E-state index in [2.05, 4.69) is 123 Å². The van der Waals surface area contributed by atoms with Gasteiger partial charge < -0.3 is 0 Å². The number of fused-ring (bicyclic) bond motifs is 4. The maximum atomic E-state index is 2.33. The summed E-state index contributed by atoms with van der Waals surface area (Å²) in [5, 5.41) is 7.79. The molecule has 0 heterocycles. The summed E-state index contributed by atoms with van der Waals surface area (Å²) in [6.07, 6.45) is 0. The minimum Gasteiger partial charge on any atom is -0.0620 e. The van der Waals surface area contributed by atoms with Gasteiger partial charge in [-0.2, -0.15) is 0 Å². The third kappa shape index (κ3) is 2.99. The van der Waals surface area contributed by atoms with Gasteiger partial charge in [-0.05, 0) is 91.7 Å². The zero-order valence-corrected chi connectivity index (χ0v) is 18.4. The predicted molar refractivity (Wildman–Crippen MR) is 139 cm³/mol. The first-order valence-electron chi connectivity index (χ1n) is 11.2. The Morgan fingerprint density at radius 1 is 0.406 bits per heavy atom. The van der Waals surface area contributed by atoms with Gasteiger partial charge in [-0.15, -0.1) is 0 Å². The van der Waals surface area contributed by atoms with Crippen LogP contribution in [0.2, 0.25) is 0 Å². The molecule has 0 aromatic heterocycles. The smallest absolute Gasteiger partial charge is 0.00735 e. The molecule has 0 N–H and O–H groups in total. The normalized spacial score (nSPS) is 11.4. The molecule has 0 saturated heterocycles. The summed E-state index contributed by atoms with van der Waals surface area (Å²) in [6, 6.07) is 40.0. The lowest BCUT2D eigenvalue weighted by molar-refractivity contribution is 1.43. The first-order valence-corrected chi connectivity index (χ1v) is 11.2. The molecule has 0 fully saturated rings. The Labute approximate surface area is 188 Å². The highest BCUT2D eigenvalue weighted by atomic mass is 14.1. The van der Waals surface area contributed by atoms with Gasteiger partial charge in [-0.3, -0.25) is 0 Å². The van der Waals surface area contributed by atoms with Crippen molar-refractivity contribution in [2.75, 3.05) is 0 Å². The molecule has 0 bridgehead atoms. The Morgan fingerprint density at radius 3 is 1.81 bits per heavy atom. The van der Waals surface area contributed by atoms with E-state index in [0.29, 0.717) is 0 Å². The zero-order valence-electron chi connectivity index (χ0n) is 18.4. The summed E-state index contributed by atoms with van der Waals surface area (Å²) < 4.78 is 0. The average Bonchev–Trinajstić information content (AvgIpc) is 2.84. The summed E-state index contributed by atoms with van der Waals surface area (Å²) in [6.45, 7) is 4.41. The van der Waals surface area contributed by atoms with Crippen LogP contribution < -0.4 is 0 Å². The monoisotopic (exact) mass is 408 g/mol. The van der Waals surface area contributed by atoms with Crippen molar-refractivity contribution in [2.45, 2.75) is 13.8 Å². The summed E-state index contributed by atoms with van der Waals surface area (Å²) in [7, 11) is 0. The van der Waals surface area contributed by atoms with Crippen LogP contribution in [0, 0.1) is 13.8 Å². The van der Waals surface area contributed by atoms with E-state index < -0.39 is 0 Å². The largest absolute Gasteiger partial charge is 0.0620 e. The summed E-state index contributed by atoms with van der Waals surface area (Å²) in [5.41, 5.74) is 7.81. The van der Waals surface area contributed by atoms with Gasteiger partial charge in [-0.1, -0.05) is 97.1 Å². The molecule has 6 rings (SSSR count). The van der Waals surface area contributed by atoms with Crippen molar-refractivity contribution in [3.05, 3.63) is 120 Å². The average molecular weight is 409 g/mol. The van der Waals surface area contributed by atoms with Crippen molar-refractivity contribution >= 4 is 32.3 Å². The second-order valence-electron chi connectivity index (χ2n) is 8.73. The number of aryl methyl sites for hydroxylation is 2. The number of benzene rings is 6. The summed E-state index contributed by atoms with van der Waals surface area (Å²) in [5.74, 6) is 0. The fourth-order valence-electron chi connectivity index (χ4n) is 5.02. The molecule has 6 aromatic rings. The minimum absolute atomic E-state index is 1.26. The van der Waals surface area contributed by atoms with E-state index in [9.17, 15) is 0 Å². The van der Waals surface area contributed by atoms with E-state index in [1.54, 1.807) is 0 Å². The molecule has 6 aromatic carbocycles. The molecule has 0 saturated carbocycles. The van der Waals surface area contributed by atoms with Gasteiger partial charge in [-0.25, -0.2) is 0 Å². The van der Waals surface area contributed by atoms with Crippen molar-refractivity contribution in [1.82, 2.24) is 0 Å². The topological polar surface area (TPSA) is 0 Å². The van der Waals surface area contributed by atoms with Crippen molar-refractivity contribution in [1.29, 1.82) is 0 Å². The molecule has 0 unspecified atom stereocenters. The van der Waals surface area contributed by atoms with Crippen molar-refractivity contribution < 1.29 is 0 Å². The summed E-state index contributed by atoms with van der Waals surface area (Å²) in [4.78, 5) is 0. The van der Waals surface area contributed by atoms with E-state index in [4.69, 9.17) is 0 Å². The van der Waals surface area contributed by atoms with Gasteiger partial charge in [0.15, 0.2) is 0 Å². The van der Waals surface area contributed by atoms with Crippen LogP contribution in [-0.2, 0) is 0 Å². The third-order valence-corrected chi connectivity index (χ3v) is 6.72. The lowest BCUT2D eigenvalue weighted by atomic mass is 9.90. The van der Waals surface area contributed by atoms with Crippen LogP contribution >= 0.6 is 0 Å². The van der Waals surface area contributed by atoms with Gasteiger partial charge in [0.05, 0.1) is 0 Å². The maximum absolute atomic E-state index is 2.33. The number of rotatable bonds is 2. The van der Waals surface area contributed by atoms with Gasteiger partial charge >= 0.3 is 0 Å². The van der Waals surface area contributed by atoms with E-state index in [0.717, 1.165) is 0 Å². The van der Waals surface area contributed by atoms with Crippen LogP contribution in [-0.4, -0.2) is 0 Å². The molecule has 0 aliphatic rings. The maximum Gasteiger partial charge on any atom is -0.00735 e. The van der Waals surface area contributed by atoms with Crippen LogP contribution in [0.1, 0.15) is 11.1 Å². The molecule has 0 aliphatic heterocycles. The molecule has 0 atom stereocenters. The Balaban J connectivity index is 1.52. The molecule has 152 valence electrons. The zero-order chi connectivity index (χ0) is 21.7. The van der Waals surface area contributed by atoms with E-state index in [1.807, 2.05) is 0 Å². The quantitative estimate of drug-likeness (QED) is 0.251. The number of hydrogen-bond acceptors (Lipinski definition) is 0. The fraction of sp³-hybridized carbons (Fsp3) is 0.0625. The van der Waals surface area contributed by atoms with Crippen LogP contribution in [0.5, 0.6) is 0 Å². The SMILES string of the molecule is Cc1ccccc1-c1c(C)ccc2cc(-c3ccc4c(ccc5ccccc54)c3)ccc12. The molecule has 32 heavy (non-hydrogen) atoms. The molecule has 0 heteroatoms. The molecule has 0 nitrogen and oxygen atoms in total. The minimum atomic E-state index is 1.26.